The lowest BCUT2D eigenvalue weighted by Crippen LogP contribution is -2.50. The van der Waals surface area contributed by atoms with E-state index in [2.05, 4.69) is 10.0 Å². The first-order valence-electron chi connectivity index (χ1n) is 9.27. The van der Waals surface area contributed by atoms with Crippen LogP contribution < -0.4 is 14.8 Å². The van der Waals surface area contributed by atoms with Crippen molar-refractivity contribution in [2.24, 2.45) is 0 Å². The molecule has 2 rings (SSSR count). The number of hydrogen-bond acceptors (Lipinski definition) is 5. The van der Waals surface area contributed by atoms with E-state index in [-0.39, 0.29) is 23.1 Å². The highest BCUT2D eigenvalue weighted by Gasteiger charge is 2.29. The molecule has 0 bridgehead atoms. The SMILES string of the molecule is COC[C@@H](C)NC(=O)[C@@H](Cc1ccccc1)NS(=O)(=O)c1cc(C)ccc1OC. The fraction of sp³-hybridized carbons (Fsp3) is 0.381. The van der Waals surface area contributed by atoms with Crippen LogP contribution in [0.15, 0.2) is 53.4 Å². The molecule has 0 fully saturated rings. The molecule has 2 atom stereocenters. The van der Waals surface area contributed by atoms with Gasteiger partial charge < -0.3 is 14.8 Å². The zero-order valence-corrected chi connectivity index (χ0v) is 18.0. The van der Waals surface area contributed by atoms with E-state index in [4.69, 9.17) is 9.47 Å². The van der Waals surface area contributed by atoms with Crippen molar-refractivity contribution in [3.63, 3.8) is 0 Å². The summed E-state index contributed by atoms with van der Waals surface area (Å²) in [5, 5.41) is 2.79. The highest BCUT2D eigenvalue weighted by Crippen LogP contribution is 2.25. The molecular formula is C21H28N2O5S. The zero-order valence-electron chi connectivity index (χ0n) is 17.1. The summed E-state index contributed by atoms with van der Waals surface area (Å²) in [6, 6.07) is 12.9. The molecule has 0 aliphatic heterocycles. The van der Waals surface area contributed by atoms with Gasteiger partial charge >= 0.3 is 0 Å². The van der Waals surface area contributed by atoms with E-state index in [1.165, 1.54) is 20.3 Å². The van der Waals surface area contributed by atoms with Gasteiger partial charge in [0.05, 0.1) is 13.7 Å². The van der Waals surface area contributed by atoms with Crippen molar-refractivity contribution in [2.45, 2.75) is 37.2 Å². The first kappa shape index (κ1) is 22.9. The third-order valence-electron chi connectivity index (χ3n) is 4.31. The van der Waals surface area contributed by atoms with Gasteiger partial charge in [-0.15, -0.1) is 0 Å². The molecule has 0 saturated carbocycles. The van der Waals surface area contributed by atoms with E-state index in [1.54, 1.807) is 26.0 Å². The van der Waals surface area contributed by atoms with Crippen molar-refractivity contribution in [1.82, 2.24) is 10.0 Å². The quantitative estimate of drug-likeness (QED) is 0.614. The highest BCUT2D eigenvalue weighted by molar-refractivity contribution is 7.89. The van der Waals surface area contributed by atoms with Crippen LogP contribution in [0.5, 0.6) is 5.75 Å². The number of carbonyl (C=O) groups excluding carboxylic acids is 1. The average molecular weight is 421 g/mol. The molecule has 2 aromatic rings. The van der Waals surface area contributed by atoms with Gasteiger partial charge in [0.15, 0.2) is 0 Å². The fourth-order valence-electron chi connectivity index (χ4n) is 2.92. The summed E-state index contributed by atoms with van der Waals surface area (Å²) in [6.07, 6.45) is 0.208. The number of sulfonamides is 1. The zero-order chi connectivity index (χ0) is 21.4. The van der Waals surface area contributed by atoms with Gasteiger partial charge in [-0.2, -0.15) is 4.72 Å². The van der Waals surface area contributed by atoms with Gasteiger partial charge in [0.1, 0.15) is 16.7 Å². The lowest BCUT2D eigenvalue weighted by Gasteiger charge is -2.22. The number of rotatable bonds is 10. The largest absolute Gasteiger partial charge is 0.495 e. The van der Waals surface area contributed by atoms with Gasteiger partial charge in [-0.25, -0.2) is 8.42 Å². The molecule has 29 heavy (non-hydrogen) atoms. The number of hydrogen-bond donors (Lipinski definition) is 2. The first-order valence-corrected chi connectivity index (χ1v) is 10.8. The third kappa shape index (κ3) is 6.56. The smallest absolute Gasteiger partial charge is 0.244 e. The van der Waals surface area contributed by atoms with Crippen LogP contribution in [0.1, 0.15) is 18.1 Å². The van der Waals surface area contributed by atoms with Gasteiger partial charge in [-0.05, 0) is 43.5 Å². The first-order chi connectivity index (χ1) is 13.8. The minimum absolute atomic E-state index is 0.00389. The number of aryl methyl sites for hydroxylation is 1. The second-order valence-corrected chi connectivity index (χ2v) is 8.57. The number of ether oxygens (including phenoxy) is 2. The summed E-state index contributed by atoms with van der Waals surface area (Å²) in [6.45, 7) is 3.90. The molecule has 0 radical (unpaired) electrons. The van der Waals surface area contributed by atoms with Crippen LogP contribution in [0.3, 0.4) is 0 Å². The van der Waals surface area contributed by atoms with Crippen molar-refractivity contribution in [2.75, 3.05) is 20.8 Å². The second kappa shape index (κ2) is 10.4. The van der Waals surface area contributed by atoms with Crippen LogP contribution in [0.2, 0.25) is 0 Å². The Morgan fingerprint density at radius 2 is 1.79 bits per heavy atom. The predicted octanol–water partition coefficient (Wildman–Crippen LogP) is 2.04. The summed E-state index contributed by atoms with van der Waals surface area (Å²) in [7, 11) is -1.06. The minimum Gasteiger partial charge on any atom is -0.495 e. The lowest BCUT2D eigenvalue weighted by molar-refractivity contribution is -0.123. The number of nitrogens with one attached hydrogen (secondary N) is 2. The van der Waals surface area contributed by atoms with Gasteiger partial charge in [-0.1, -0.05) is 36.4 Å². The number of amides is 1. The Bertz CT molecular complexity index is 916. The van der Waals surface area contributed by atoms with Crippen LogP contribution in [0.4, 0.5) is 0 Å². The summed E-state index contributed by atoms with van der Waals surface area (Å²) in [5.74, 6) is -0.205. The molecule has 0 heterocycles. The highest BCUT2D eigenvalue weighted by atomic mass is 32.2. The number of benzene rings is 2. The summed E-state index contributed by atoms with van der Waals surface area (Å²) in [5.41, 5.74) is 1.61. The topological polar surface area (TPSA) is 93.7 Å². The normalized spacial score (nSPS) is 13.5. The van der Waals surface area contributed by atoms with Gasteiger partial charge in [0.2, 0.25) is 15.9 Å². The van der Waals surface area contributed by atoms with E-state index >= 15 is 0 Å². The Morgan fingerprint density at radius 3 is 2.41 bits per heavy atom. The molecule has 8 heteroatoms. The van der Waals surface area contributed by atoms with Crippen molar-refractivity contribution < 1.29 is 22.7 Å². The molecular weight excluding hydrogens is 392 g/mol. The number of carbonyl (C=O) groups is 1. The molecule has 1 amide bonds. The van der Waals surface area contributed by atoms with Gasteiger partial charge in [0.25, 0.3) is 0 Å². The molecule has 2 aromatic carbocycles. The Balaban J connectivity index is 2.32. The van der Waals surface area contributed by atoms with E-state index in [0.29, 0.717) is 6.61 Å². The van der Waals surface area contributed by atoms with E-state index < -0.39 is 22.0 Å². The molecule has 0 aliphatic rings. The minimum atomic E-state index is -4.01. The van der Waals surface area contributed by atoms with Crippen LogP contribution >= 0.6 is 0 Å². The Morgan fingerprint density at radius 1 is 1.10 bits per heavy atom. The molecule has 2 N–H and O–H groups in total. The summed E-state index contributed by atoms with van der Waals surface area (Å²) < 4.78 is 39.0. The van der Waals surface area contributed by atoms with Gasteiger partial charge in [0, 0.05) is 13.2 Å². The maximum absolute atomic E-state index is 13.1. The molecule has 158 valence electrons. The second-order valence-electron chi connectivity index (χ2n) is 6.88. The molecule has 0 saturated heterocycles. The van der Waals surface area contributed by atoms with Crippen LogP contribution in [-0.2, 0) is 26.0 Å². The maximum atomic E-state index is 13.1. The van der Waals surface area contributed by atoms with E-state index in [9.17, 15) is 13.2 Å². The van der Waals surface area contributed by atoms with Crippen molar-refractivity contribution >= 4 is 15.9 Å². The monoisotopic (exact) mass is 420 g/mol. The predicted molar refractivity (Wildman–Crippen MR) is 111 cm³/mol. The fourth-order valence-corrected chi connectivity index (χ4v) is 4.37. The van der Waals surface area contributed by atoms with E-state index in [0.717, 1.165) is 11.1 Å². The average Bonchev–Trinajstić information content (AvgIpc) is 2.68. The third-order valence-corrected chi connectivity index (χ3v) is 5.80. The van der Waals surface area contributed by atoms with Crippen LogP contribution in [-0.4, -0.2) is 47.2 Å². The maximum Gasteiger partial charge on any atom is 0.244 e. The van der Waals surface area contributed by atoms with Crippen LogP contribution in [0, 0.1) is 6.92 Å². The van der Waals surface area contributed by atoms with Crippen molar-refractivity contribution in [3.05, 3.63) is 59.7 Å². The summed E-state index contributed by atoms with van der Waals surface area (Å²) in [4.78, 5) is 12.8. The van der Waals surface area contributed by atoms with E-state index in [1.807, 2.05) is 30.3 Å². The molecule has 0 spiro atoms. The van der Waals surface area contributed by atoms with Gasteiger partial charge in [-0.3, -0.25) is 4.79 Å². The lowest BCUT2D eigenvalue weighted by atomic mass is 10.1. The Labute approximate surface area is 172 Å². The number of methoxy groups -OCH3 is 2. The molecule has 0 unspecified atom stereocenters. The molecule has 0 aromatic heterocycles. The standard InChI is InChI=1S/C21H28N2O5S/c1-15-10-11-19(28-4)20(12-15)29(25,26)23-18(13-17-8-6-5-7-9-17)21(24)22-16(2)14-27-3/h5-12,16,18,23H,13-14H2,1-4H3,(H,22,24)/t16-,18-/m1/s1. The Kier molecular flexibility index (Phi) is 8.19. The molecule has 0 aliphatic carbocycles. The van der Waals surface area contributed by atoms with Crippen molar-refractivity contribution in [1.29, 1.82) is 0 Å². The summed E-state index contributed by atoms with van der Waals surface area (Å²) >= 11 is 0. The van der Waals surface area contributed by atoms with Crippen LogP contribution in [0.25, 0.3) is 0 Å². The Hall–Kier alpha value is -2.42. The molecule has 7 nitrogen and oxygen atoms in total. The van der Waals surface area contributed by atoms with Crippen molar-refractivity contribution in [3.8, 4) is 5.75 Å².